The number of carboxylic acid groups (broad SMARTS) is 1. The summed E-state index contributed by atoms with van der Waals surface area (Å²) >= 11 is 0. The summed E-state index contributed by atoms with van der Waals surface area (Å²) in [4.78, 5) is 24.5. The van der Waals surface area contributed by atoms with E-state index >= 15 is 0 Å². The third kappa shape index (κ3) is 2.69. The highest BCUT2D eigenvalue weighted by atomic mass is 19.1. The summed E-state index contributed by atoms with van der Waals surface area (Å²) in [5, 5.41) is 22.2. The van der Waals surface area contributed by atoms with Crippen molar-refractivity contribution in [2.75, 3.05) is 5.32 Å². The second-order valence-corrected chi connectivity index (χ2v) is 3.78. The smallest absolute Gasteiger partial charge is 0.342 e. The number of carbonyl (C=O) groups is 1. The van der Waals surface area contributed by atoms with Gasteiger partial charge in [0.1, 0.15) is 5.56 Å². The molecule has 0 atom stereocenters. The number of benzene rings is 1. The molecule has 0 unspecified atom stereocenters. The van der Waals surface area contributed by atoms with E-state index in [2.05, 4.69) is 10.3 Å². The van der Waals surface area contributed by atoms with Gasteiger partial charge in [-0.05, 0) is 18.2 Å². The Bertz CT molecular complexity index is 676. The number of rotatable bonds is 4. The van der Waals surface area contributed by atoms with Crippen molar-refractivity contribution in [2.45, 2.75) is 0 Å². The van der Waals surface area contributed by atoms with E-state index < -0.39 is 28.0 Å². The Morgan fingerprint density at radius 1 is 1.45 bits per heavy atom. The molecule has 1 aromatic heterocycles. The number of hydrogen-bond donors (Lipinski definition) is 2. The molecule has 2 aromatic rings. The molecule has 7 nitrogen and oxygen atoms in total. The van der Waals surface area contributed by atoms with Crippen LogP contribution >= 0.6 is 0 Å². The molecule has 0 amide bonds. The third-order valence-corrected chi connectivity index (χ3v) is 2.45. The number of carboxylic acids is 1. The molecule has 0 fully saturated rings. The second kappa shape index (κ2) is 5.31. The van der Waals surface area contributed by atoms with Crippen LogP contribution in [0.4, 0.5) is 21.5 Å². The lowest BCUT2D eigenvalue weighted by atomic mass is 10.1. The van der Waals surface area contributed by atoms with Crippen LogP contribution in [-0.4, -0.2) is 21.0 Å². The van der Waals surface area contributed by atoms with E-state index in [1.54, 1.807) is 12.1 Å². The zero-order valence-corrected chi connectivity index (χ0v) is 9.91. The highest BCUT2D eigenvalue weighted by molar-refractivity contribution is 5.94. The highest BCUT2D eigenvalue weighted by Gasteiger charge is 2.23. The van der Waals surface area contributed by atoms with E-state index in [9.17, 15) is 19.3 Å². The molecule has 1 heterocycles. The number of nitro groups is 1. The number of pyridine rings is 1. The predicted octanol–water partition coefficient (Wildman–Crippen LogP) is 2.57. The standard InChI is InChI=1S/C12H8FN3O4/c13-9-5-11(16(19)20)8(12(17)18)4-10(9)15-7-2-1-3-14-6-7/h1-6,15H,(H,17,18). The van der Waals surface area contributed by atoms with E-state index in [0.29, 0.717) is 11.8 Å². The largest absolute Gasteiger partial charge is 0.477 e. The maximum absolute atomic E-state index is 13.8. The molecule has 0 aliphatic carbocycles. The molecule has 2 rings (SSSR count). The van der Waals surface area contributed by atoms with Crippen molar-refractivity contribution >= 4 is 23.0 Å². The van der Waals surface area contributed by atoms with Crippen LogP contribution in [0.5, 0.6) is 0 Å². The van der Waals surface area contributed by atoms with Crippen molar-refractivity contribution in [1.29, 1.82) is 0 Å². The third-order valence-electron chi connectivity index (χ3n) is 2.45. The van der Waals surface area contributed by atoms with Crippen molar-refractivity contribution in [3.8, 4) is 0 Å². The van der Waals surface area contributed by atoms with Gasteiger partial charge in [0.25, 0.3) is 5.69 Å². The molecule has 2 N–H and O–H groups in total. The lowest BCUT2D eigenvalue weighted by Crippen LogP contribution is -2.05. The average molecular weight is 277 g/mol. The first-order valence-corrected chi connectivity index (χ1v) is 5.37. The van der Waals surface area contributed by atoms with Crippen LogP contribution in [0.25, 0.3) is 0 Å². The minimum absolute atomic E-state index is 0.180. The van der Waals surface area contributed by atoms with Gasteiger partial charge in [-0.15, -0.1) is 0 Å². The Balaban J connectivity index is 2.47. The Hall–Kier alpha value is -3.03. The average Bonchev–Trinajstić information content (AvgIpc) is 2.41. The molecule has 0 saturated heterocycles. The summed E-state index contributed by atoms with van der Waals surface area (Å²) in [5.74, 6) is -2.43. The molecule has 1 aromatic carbocycles. The second-order valence-electron chi connectivity index (χ2n) is 3.78. The normalized spacial score (nSPS) is 10.1. The van der Waals surface area contributed by atoms with Crippen molar-refractivity contribution in [2.24, 2.45) is 0 Å². The summed E-state index contributed by atoms with van der Waals surface area (Å²) in [6, 6.07) is 4.64. The Kier molecular flexibility index (Phi) is 3.56. The van der Waals surface area contributed by atoms with E-state index in [4.69, 9.17) is 5.11 Å². The fourth-order valence-electron chi connectivity index (χ4n) is 1.57. The zero-order valence-electron chi connectivity index (χ0n) is 9.91. The molecule has 0 radical (unpaired) electrons. The SMILES string of the molecule is O=C(O)c1cc(Nc2cccnc2)c(F)cc1[N+](=O)[O-]. The van der Waals surface area contributed by atoms with Gasteiger partial charge in [0.15, 0.2) is 5.82 Å². The number of aromatic nitrogens is 1. The van der Waals surface area contributed by atoms with Crippen molar-refractivity contribution in [1.82, 2.24) is 4.98 Å². The maximum atomic E-state index is 13.8. The number of nitrogens with zero attached hydrogens (tertiary/aromatic N) is 2. The molecule has 0 aliphatic heterocycles. The number of anilines is 2. The molecule has 0 aliphatic rings. The lowest BCUT2D eigenvalue weighted by molar-refractivity contribution is -0.385. The molecule has 8 heteroatoms. The van der Waals surface area contributed by atoms with Gasteiger partial charge in [0, 0.05) is 6.20 Å². The van der Waals surface area contributed by atoms with Crippen LogP contribution in [0.15, 0.2) is 36.7 Å². The van der Waals surface area contributed by atoms with E-state index in [0.717, 1.165) is 6.07 Å². The molecule has 102 valence electrons. The van der Waals surface area contributed by atoms with E-state index in [1.165, 1.54) is 12.4 Å². The maximum Gasteiger partial charge on any atom is 0.342 e. The summed E-state index contributed by atoms with van der Waals surface area (Å²) in [6.45, 7) is 0. The van der Waals surface area contributed by atoms with Crippen LogP contribution in [0.3, 0.4) is 0 Å². The molecular formula is C12H8FN3O4. The minimum Gasteiger partial charge on any atom is -0.477 e. The monoisotopic (exact) mass is 277 g/mol. The highest BCUT2D eigenvalue weighted by Crippen LogP contribution is 2.28. The van der Waals surface area contributed by atoms with Gasteiger partial charge in [-0.1, -0.05) is 0 Å². The van der Waals surface area contributed by atoms with Crippen LogP contribution in [0, 0.1) is 15.9 Å². The number of halogens is 1. The van der Waals surface area contributed by atoms with Crippen molar-refractivity contribution < 1.29 is 19.2 Å². The van der Waals surface area contributed by atoms with Crippen LogP contribution in [-0.2, 0) is 0 Å². The first-order chi connectivity index (χ1) is 9.49. The predicted molar refractivity (Wildman–Crippen MR) is 67.5 cm³/mol. The fourth-order valence-corrected chi connectivity index (χ4v) is 1.57. The minimum atomic E-state index is -1.51. The summed E-state index contributed by atoms with van der Waals surface area (Å²) in [6.07, 6.45) is 2.92. The Labute approximate surface area is 111 Å². The summed E-state index contributed by atoms with van der Waals surface area (Å²) in [5.41, 5.74) is -1.15. The molecule has 0 spiro atoms. The van der Waals surface area contributed by atoms with Gasteiger partial charge in [0.2, 0.25) is 0 Å². The van der Waals surface area contributed by atoms with Crippen LogP contribution < -0.4 is 5.32 Å². The molecule has 0 saturated carbocycles. The fraction of sp³-hybridized carbons (Fsp3) is 0. The Morgan fingerprint density at radius 3 is 2.75 bits per heavy atom. The Morgan fingerprint density at radius 2 is 2.20 bits per heavy atom. The van der Waals surface area contributed by atoms with E-state index in [1.807, 2.05) is 0 Å². The number of nitro benzene ring substituents is 1. The first-order valence-electron chi connectivity index (χ1n) is 5.37. The topological polar surface area (TPSA) is 105 Å². The lowest BCUT2D eigenvalue weighted by Gasteiger charge is -2.08. The van der Waals surface area contributed by atoms with Crippen LogP contribution in [0.1, 0.15) is 10.4 Å². The van der Waals surface area contributed by atoms with Gasteiger partial charge in [-0.3, -0.25) is 15.1 Å². The van der Waals surface area contributed by atoms with Gasteiger partial charge in [-0.25, -0.2) is 9.18 Å². The summed E-state index contributed by atoms with van der Waals surface area (Å²) < 4.78 is 13.8. The number of hydrogen-bond acceptors (Lipinski definition) is 5. The quantitative estimate of drug-likeness (QED) is 0.657. The van der Waals surface area contributed by atoms with Crippen molar-refractivity contribution in [3.63, 3.8) is 0 Å². The number of nitrogens with one attached hydrogen (secondary N) is 1. The van der Waals surface area contributed by atoms with E-state index in [-0.39, 0.29) is 5.69 Å². The number of aromatic carboxylic acids is 1. The van der Waals surface area contributed by atoms with Crippen LogP contribution in [0.2, 0.25) is 0 Å². The molecule has 0 bridgehead atoms. The van der Waals surface area contributed by atoms with Crippen molar-refractivity contribution in [3.05, 3.63) is 58.2 Å². The van der Waals surface area contributed by atoms with Gasteiger partial charge >= 0.3 is 5.97 Å². The summed E-state index contributed by atoms with van der Waals surface area (Å²) in [7, 11) is 0. The molecule has 20 heavy (non-hydrogen) atoms. The van der Waals surface area contributed by atoms with Gasteiger partial charge < -0.3 is 10.4 Å². The molecular weight excluding hydrogens is 269 g/mol. The first kappa shape index (κ1) is 13.4. The van der Waals surface area contributed by atoms with Gasteiger partial charge in [0.05, 0.1) is 28.6 Å². The van der Waals surface area contributed by atoms with Gasteiger partial charge in [-0.2, -0.15) is 0 Å². The zero-order chi connectivity index (χ0) is 14.7.